The molecule has 0 radical (unpaired) electrons. The first-order valence-corrected chi connectivity index (χ1v) is 13.6. The van der Waals surface area contributed by atoms with Crippen LogP contribution in [0.15, 0.2) is 30.3 Å². The van der Waals surface area contributed by atoms with Crippen molar-refractivity contribution < 1.29 is 14.0 Å². The number of rotatable bonds is 10. The first-order valence-electron chi connectivity index (χ1n) is 10.7. The molecule has 1 rings (SSSR count). The topological polar surface area (TPSA) is 35.5 Å². The van der Waals surface area contributed by atoms with Crippen molar-refractivity contribution in [3.05, 3.63) is 35.9 Å². The highest BCUT2D eigenvalue weighted by molar-refractivity contribution is 6.74. The highest BCUT2D eigenvalue weighted by Gasteiger charge is 2.39. The second-order valence-electron chi connectivity index (χ2n) is 10.4. The monoisotopic (exact) mass is 406 g/mol. The highest BCUT2D eigenvalue weighted by atomic mass is 28.4. The Balaban J connectivity index is 2.57. The fourth-order valence-electron chi connectivity index (χ4n) is 2.70. The molecular formula is C24H42O3Si. The number of carbonyl (C=O) groups is 1. The van der Waals surface area contributed by atoms with Crippen molar-refractivity contribution in [2.24, 2.45) is 5.41 Å². The molecule has 0 heterocycles. The van der Waals surface area contributed by atoms with E-state index in [9.17, 15) is 4.79 Å². The zero-order valence-electron chi connectivity index (χ0n) is 19.4. The molecule has 0 aliphatic rings. The Kier molecular flexibility index (Phi) is 9.42. The Hall–Kier alpha value is -1.13. The van der Waals surface area contributed by atoms with Gasteiger partial charge in [0.05, 0.1) is 12.0 Å². The molecule has 0 aromatic heterocycles. The quantitative estimate of drug-likeness (QED) is 0.244. The molecule has 0 spiro atoms. The lowest BCUT2D eigenvalue weighted by Gasteiger charge is -2.39. The number of hydrogen-bond donors (Lipinski definition) is 0. The van der Waals surface area contributed by atoms with Gasteiger partial charge in [0.15, 0.2) is 8.32 Å². The maximum atomic E-state index is 12.1. The second kappa shape index (κ2) is 10.6. The van der Waals surface area contributed by atoms with E-state index in [1.165, 1.54) is 5.56 Å². The lowest BCUT2D eigenvalue weighted by molar-refractivity contribution is -0.153. The van der Waals surface area contributed by atoms with Gasteiger partial charge in [-0.3, -0.25) is 4.79 Å². The maximum absolute atomic E-state index is 12.1. The summed E-state index contributed by atoms with van der Waals surface area (Å²) in [7, 11) is -1.85. The third-order valence-corrected chi connectivity index (χ3v) is 10.2. The summed E-state index contributed by atoms with van der Waals surface area (Å²) in [6.45, 7) is 17.5. The van der Waals surface area contributed by atoms with Crippen LogP contribution in [0.3, 0.4) is 0 Å². The molecule has 0 aliphatic heterocycles. The molecule has 0 fully saturated rings. The molecule has 0 N–H and O–H groups in total. The van der Waals surface area contributed by atoms with Gasteiger partial charge in [-0.05, 0) is 63.7 Å². The Bertz CT molecular complexity index is 582. The van der Waals surface area contributed by atoms with Crippen molar-refractivity contribution >= 4 is 14.3 Å². The predicted molar refractivity (Wildman–Crippen MR) is 121 cm³/mol. The van der Waals surface area contributed by atoms with Crippen molar-refractivity contribution in [2.45, 2.75) is 97.9 Å². The molecule has 160 valence electrons. The SMILES string of the molecule is CC(C)(C)C(=O)OCC[C@@H](CCCCc1ccccc1)O[Si](C)(C)C(C)(C)C. The Morgan fingerprint density at radius 3 is 2.11 bits per heavy atom. The molecule has 4 heteroatoms. The molecule has 0 saturated carbocycles. The van der Waals surface area contributed by atoms with E-state index in [4.69, 9.17) is 9.16 Å². The van der Waals surface area contributed by atoms with E-state index in [-0.39, 0.29) is 17.1 Å². The van der Waals surface area contributed by atoms with Crippen molar-refractivity contribution in [2.75, 3.05) is 6.61 Å². The summed E-state index contributed by atoms with van der Waals surface area (Å²) in [6, 6.07) is 10.6. The molecule has 0 saturated heterocycles. The lowest BCUT2D eigenvalue weighted by Crippen LogP contribution is -2.44. The third kappa shape index (κ3) is 8.91. The molecular weight excluding hydrogens is 364 g/mol. The number of hydrogen-bond acceptors (Lipinski definition) is 3. The number of esters is 1. The summed E-state index contributed by atoms with van der Waals surface area (Å²) in [4.78, 5) is 12.1. The van der Waals surface area contributed by atoms with Gasteiger partial charge in [-0.15, -0.1) is 0 Å². The average Bonchev–Trinajstić information content (AvgIpc) is 2.57. The number of carbonyl (C=O) groups excluding carboxylic acids is 1. The van der Waals surface area contributed by atoms with Gasteiger partial charge >= 0.3 is 5.97 Å². The summed E-state index contributed by atoms with van der Waals surface area (Å²) in [5, 5.41) is 0.178. The number of aryl methyl sites for hydroxylation is 1. The molecule has 0 amide bonds. The Morgan fingerprint density at radius 1 is 0.964 bits per heavy atom. The average molecular weight is 407 g/mol. The van der Waals surface area contributed by atoms with Gasteiger partial charge in [0.25, 0.3) is 0 Å². The Morgan fingerprint density at radius 2 is 1.57 bits per heavy atom. The minimum atomic E-state index is -1.85. The van der Waals surface area contributed by atoms with E-state index in [1.807, 2.05) is 20.8 Å². The van der Waals surface area contributed by atoms with E-state index >= 15 is 0 Å². The number of ether oxygens (including phenoxy) is 1. The maximum Gasteiger partial charge on any atom is 0.311 e. The summed E-state index contributed by atoms with van der Waals surface area (Å²) < 4.78 is 12.2. The van der Waals surface area contributed by atoms with Crippen LogP contribution in [0.4, 0.5) is 0 Å². The van der Waals surface area contributed by atoms with E-state index < -0.39 is 13.7 Å². The molecule has 28 heavy (non-hydrogen) atoms. The fraction of sp³-hybridized carbons (Fsp3) is 0.708. The van der Waals surface area contributed by atoms with Crippen LogP contribution in [0.1, 0.15) is 72.8 Å². The van der Waals surface area contributed by atoms with Gasteiger partial charge in [0.2, 0.25) is 0 Å². The van der Waals surface area contributed by atoms with Gasteiger partial charge < -0.3 is 9.16 Å². The second-order valence-corrected chi connectivity index (χ2v) is 15.2. The van der Waals surface area contributed by atoms with E-state index in [0.29, 0.717) is 6.61 Å². The minimum absolute atomic E-state index is 0.136. The minimum Gasteiger partial charge on any atom is -0.465 e. The van der Waals surface area contributed by atoms with E-state index in [2.05, 4.69) is 64.2 Å². The molecule has 1 aromatic rings. The van der Waals surface area contributed by atoms with Crippen LogP contribution >= 0.6 is 0 Å². The van der Waals surface area contributed by atoms with Crippen molar-refractivity contribution in [1.29, 1.82) is 0 Å². The largest absolute Gasteiger partial charge is 0.465 e. The van der Waals surface area contributed by atoms with Crippen LogP contribution in [0, 0.1) is 5.41 Å². The van der Waals surface area contributed by atoms with Crippen LogP contribution in [0.25, 0.3) is 0 Å². The Labute approximate surface area is 174 Å². The van der Waals surface area contributed by atoms with Gasteiger partial charge in [-0.25, -0.2) is 0 Å². The standard InChI is InChI=1S/C24H42O3Si/c1-23(2,3)22(25)26-19-18-21(27-28(7,8)24(4,5)6)17-13-12-16-20-14-10-9-11-15-20/h9-11,14-15,21H,12-13,16-19H2,1-8H3/t21-/m1/s1. The number of unbranched alkanes of at least 4 members (excludes halogenated alkanes) is 1. The molecule has 1 atom stereocenters. The van der Waals surface area contributed by atoms with Gasteiger partial charge in [0, 0.05) is 12.5 Å². The molecule has 0 unspecified atom stereocenters. The first-order chi connectivity index (χ1) is 12.8. The molecule has 1 aromatic carbocycles. The zero-order valence-corrected chi connectivity index (χ0v) is 20.4. The number of benzene rings is 1. The third-order valence-electron chi connectivity index (χ3n) is 5.64. The smallest absolute Gasteiger partial charge is 0.311 e. The van der Waals surface area contributed by atoms with E-state index in [0.717, 1.165) is 32.1 Å². The molecule has 0 aliphatic carbocycles. The van der Waals surface area contributed by atoms with Crippen LogP contribution in [0.5, 0.6) is 0 Å². The van der Waals surface area contributed by atoms with Gasteiger partial charge in [-0.1, -0.05) is 57.5 Å². The van der Waals surface area contributed by atoms with E-state index in [1.54, 1.807) is 0 Å². The van der Waals surface area contributed by atoms with Crippen molar-refractivity contribution in [1.82, 2.24) is 0 Å². The first kappa shape index (κ1) is 24.9. The van der Waals surface area contributed by atoms with Crippen molar-refractivity contribution in [3.63, 3.8) is 0 Å². The van der Waals surface area contributed by atoms with Gasteiger partial charge in [0.1, 0.15) is 0 Å². The summed E-state index contributed by atoms with van der Waals surface area (Å²) in [5.74, 6) is -0.136. The van der Waals surface area contributed by atoms with Crippen LogP contribution in [-0.2, 0) is 20.4 Å². The zero-order chi connectivity index (χ0) is 21.4. The summed E-state index contributed by atoms with van der Waals surface area (Å²) in [6.07, 6.45) is 5.34. The summed E-state index contributed by atoms with van der Waals surface area (Å²) >= 11 is 0. The van der Waals surface area contributed by atoms with Crippen LogP contribution in [0.2, 0.25) is 18.1 Å². The summed E-state index contributed by atoms with van der Waals surface area (Å²) in [5.41, 5.74) is 0.939. The normalized spacial score (nSPS) is 14.0. The highest BCUT2D eigenvalue weighted by Crippen LogP contribution is 2.38. The van der Waals surface area contributed by atoms with Crippen LogP contribution in [-0.4, -0.2) is 27.0 Å². The molecule has 3 nitrogen and oxygen atoms in total. The predicted octanol–water partition coefficient (Wildman–Crippen LogP) is 6.77. The fourth-order valence-corrected chi connectivity index (χ4v) is 4.12. The van der Waals surface area contributed by atoms with Crippen molar-refractivity contribution in [3.8, 4) is 0 Å². The van der Waals surface area contributed by atoms with Gasteiger partial charge in [-0.2, -0.15) is 0 Å². The lowest BCUT2D eigenvalue weighted by atomic mass is 9.97. The van der Waals surface area contributed by atoms with Crippen LogP contribution < -0.4 is 0 Å². The molecule has 0 bridgehead atoms.